The van der Waals surface area contributed by atoms with Crippen molar-refractivity contribution in [2.45, 2.75) is 52.1 Å². The number of unbranched alkanes of at least 4 members (excludes halogenated alkanes) is 4. The quantitative estimate of drug-likeness (QED) is 0.540. The fourth-order valence-electron chi connectivity index (χ4n) is 1.79. The number of hydrogen-bond acceptors (Lipinski definition) is 1. The summed E-state index contributed by atoms with van der Waals surface area (Å²) in [6.45, 7) is 4.27. The van der Waals surface area contributed by atoms with Crippen molar-refractivity contribution >= 4 is 0 Å². The van der Waals surface area contributed by atoms with E-state index in [0.29, 0.717) is 0 Å². The van der Waals surface area contributed by atoms with Crippen molar-refractivity contribution in [1.82, 2.24) is 0 Å². The van der Waals surface area contributed by atoms with Gasteiger partial charge < -0.3 is 5.11 Å². The monoisotopic (exact) mass is 232 g/mol. The minimum atomic E-state index is -0.457. The van der Waals surface area contributed by atoms with Crippen LogP contribution in [0.4, 0.5) is 0 Å². The highest BCUT2D eigenvalue weighted by Gasteiger charge is 2.01. The lowest BCUT2D eigenvalue weighted by molar-refractivity contribution is 0.228. The fraction of sp³-hybridized carbons (Fsp3) is 0.500. The average molecular weight is 232 g/mol. The molecule has 0 saturated carbocycles. The summed E-state index contributed by atoms with van der Waals surface area (Å²) >= 11 is 0. The molecule has 0 bridgehead atoms. The van der Waals surface area contributed by atoms with Crippen molar-refractivity contribution < 1.29 is 5.11 Å². The van der Waals surface area contributed by atoms with E-state index >= 15 is 0 Å². The summed E-state index contributed by atoms with van der Waals surface area (Å²) in [5.74, 6) is 0. The minimum absolute atomic E-state index is 0.457. The number of aryl methyl sites for hydroxylation is 1. The second-order valence-corrected chi connectivity index (χ2v) is 4.63. The van der Waals surface area contributed by atoms with Crippen LogP contribution in [0.5, 0.6) is 0 Å². The van der Waals surface area contributed by atoms with Crippen LogP contribution < -0.4 is 0 Å². The maximum Gasteiger partial charge on any atom is 0.0971 e. The van der Waals surface area contributed by atoms with Crippen LogP contribution in [-0.4, -0.2) is 5.11 Å². The van der Waals surface area contributed by atoms with Gasteiger partial charge in [0, 0.05) is 0 Å². The third-order valence-electron chi connectivity index (χ3n) is 2.96. The van der Waals surface area contributed by atoms with Gasteiger partial charge in [0.15, 0.2) is 0 Å². The van der Waals surface area contributed by atoms with Crippen LogP contribution >= 0.6 is 0 Å². The maximum absolute atomic E-state index is 9.93. The molecule has 1 N–H and O–H groups in total. The Hall–Kier alpha value is -1.08. The maximum atomic E-state index is 9.93. The molecule has 1 atom stereocenters. The highest BCUT2D eigenvalue weighted by Crippen LogP contribution is 2.15. The number of aliphatic hydroxyl groups is 1. The molecule has 0 aliphatic heterocycles. The molecule has 1 rings (SSSR count). The van der Waals surface area contributed by atoms with E-state index in [9.17, 15) is 5.11 Å². The van der Waals surface area contributed by atoms with Crippen molar-refractivity contribution in [3.05, 3.63) is 47.5 Å². The van der Waals surface area contributed by atoms with E-state index in [4.69, 9.17) is 0 Å². The van der Waals surface area contributed by atoms with Crippen LogP contribution in [0, 0.1) is 6.92 Å². The third kappa shape index (κ3) is 5.69. The second-order valence-electron chi connectivity index (χ2n) is 4.63. The number of rotatable bonds is 7. The SMILES string of the molecule is CCCCCC/C=C\C(O)c1ccc(C)cc1. The molecule has 1 aromatic carbocycles. The number of aliphatic hydroxyl groups excluding tert-OH is 1. The average Bonchev–Trinajstić information content (AvgIpc) is 2.34. The molecular weight excluding hydrogens is 208 g/mol. The third-order valence-corrected chi connectivity index (χ3v) is 2.96. The van der Waals surface area contributed by atoms with Gasteiger partial charge in [-0.3, -0.25) is 0 Å². The first kappa shape index (κ1) is 14.0. The van der Waals surface area contributed by atoms with Gasteiger partial charge in [-0.1, -0.05) is 68.2 Å². The molecule has 1 aromatic rings. The molecule has 0 saturated heterocycles. The zero-order chi connectivity index (χ0) is 12.5. The molecule has 0 aromatic heterocycles. The normalized spacial score (nSPS) is 13.1. The standard InChI is InChI=1S/C16H24O/c1-3-4-5-6-7-8-9-16(17)15-12-10-14(2)11-13-15/h8-13,16-17H,3-7H2,1-2H3/b9-8-. The Bertz CT molecular complexity index is 324. The van der Waals surface area contributed by atoms with Crippen LogP contribution in [0.15, 0.2) is 36.4 Å². The Labute approximate surface area is 105 Å². The van der Waals surface area contributed by atoms with E-state index in [2.05, 4.69) is 19.9 Å². The molecule has 1 nitrogen and oxygen atoms in total. The molecule has 1 heteroatoms. The fourth-order valence-corrected chi connectivity index (χ4v) is 1.79. The van der Waals surface area contributed by atoms with E-state index in [1.807, 2.05) is 30.3 Å². The molecule has 0 spiro atoms. The van der Waals surface area contributed by atoms with Crippen molar-refractivity contribution in [2.75, 3.05) is 0 Å². The summed E-state index contributed by atoms with van der Waals surface area (Å²) in [5, 5.41) is 9.93. The van der Waals surface area contributed by atoms with E-state index < -0.39 is 6.10 Å². The molecule has 0 heterocycles. The summed E-state index contributed by atoms with van der Waals surface area (Å²) in [5.41, 5.74) is 2.20. The van der Waals surface area contributed by atoms with E-state index in [1.54, 1.807) is 0 Å². The van der Waals surface area contributed by atoms with Crippen LogP contribution in [0.25, 0.3) is 0 Å². The summed E-state index contributed by atoms with van der Waals surface area (Å²) in [4.78, 5) is 0. The summed E-state index contributed by atoms with van der Waals surface area (Å²) in [6, 6.07) is 8.05. The van der Waals surface area contributed by atoms with E-state index in [1.165, 1.54) is 31.2 Å². The molecule has 0 radical (unpaired) electrons. The highest BCUT2D eigenvalue weighted by atomic mass is 16.3. The minimum Gasteiger partial charge on any atom is -0.384 e. The lowest BCUT2D eigenvalue weighted by Crippen LogP contribution is -1.92. The first-order valence-electron chi connectivity index (χ1n) is 6.65. The van der Waals surface area contributed by atoms with Crippen LogP contribution in [0.2, 0.25) is 0 Å². The number of allylic oxidation sites excluding steroid dienone is 1. The van der Waals surface area contributed by atoms with Gasteiger partial charge >= 0.3 is 0 Å². The topological polar surface area (TPSA) is 20.2 Å². The predicted octanol–water partition coefficient (Wildman–Crippen LogP) is 4.56. The zero-order valence-electron chi connectivity index (χ0n) is 11.0. The second kappa shape index (κ2) is 8.08. The van der Waals surface area contributed by atoms with Crippen LogP contribution in [0.3, 0.4) is 0 Å². The Balaban J connectivity index is 2.30. The number of benzene rings is 1. The molecule has 0 amide bonds. The van der Waals surface area contributed by atoms with E-state index in [0.717, 1.165) is 12.0 Å². The zero-order valence-corrected chi connectivity index (χ0v) is 11.0. The van der Waals surface area contributed by atoms with Crippen LogP contribution in [0.1, 0.15) is 56.3 Å². The lowest BCUT2D eigenvalue weighted by Gasteiger charge is -2.06. The van der Waals surface area contributed by atoms with Gasteiger partial charge in [0.05, 0.1) is 6.10 Å². The van der Waals surface area contributed by atoms with E-state index in [-0.39, 0.29) is 0 Å². The molecular formula is C16H24O. The molecule has 0 aliphatic carbocycles. The highest BCUT2D eigenvalue weighted by molar-refractivity contribution is 5.25. The van der Waals surface area contributed by atoms with Gasteiger partial charge in [-0.2, -0.15) is 0 Å². The number of hydrogen-bond donors (Lipinski definition) is 1. The van der Waals surface area contributed by atoms with Crippen LogP contribution in [-0.2, 0) is 0 Å². The van der Waals surface area contributed by atoms with Crippen molar-refractivity contribution in [3.63, 3.8) is 0 Å². The first-order valence-corrected chi connectivity index (χ1v) is 6.65. The molecule has 0 aliphatic rings. The first-order chi connectivity index (χ1) is 8.24. The Morgan fingerprint density at radius 1 is 1.12 bits per heavy atom. The van der Waals surface area contributed by atoms with Crippen molar-refractivity contribution in [2.24, 2.45) is 0 Å². The summed E-state index contributed by atoms with van der Waals surface area (Å²) in [7, 11) is 0. The van der Waals surface area contributed by atoms with Gasteiger partial charge in [0.2, 0.25) is 0 Å². The Morgan fingerprint density at radius 3 is 2.47 bits per heavy atom. The van der Waals surface area contributed by atoms with Gasteiger partial charge in [0.25, 0.3) is 0 Å². The summed E-state index contributed by atoms with van der Waals surface area (Å²) in [6.07, 6.45) is 9.72. The molecule has 17 heavy (non-hydrogen) atoms. The van der Waals surface area contributed by atoms with Crippen molar-refractivity contribution in [3.8, 4) is 0 Å². The predicted molar refractivity (Wildman–Crippen MR) is 74.0 cm³/mol. The Kier molecular flexibility index (Phi) is 6.64. The largest absolute Gasteiger partial charge is 0.384 e. The molecule has 94 valence electrons. The molecule has 0 fully saturated rings. The van der Waals surface area contributed by atoms with Gasteiger partial charge in [-0.15, -0.1) is 0 Å². The van der Waals surface area contributed by atoms with Gasteiger partial charge in [0.1, 0.15) is 0 Å². The summed E-state index contributed by atoms with van der Waals surface area (Å²) < 4.78 is 0. The van der Waals surface area contributed by atoms with Gasteiger partial charge in [-0.25, -0.2) is 0 Å². The van der Waals surface area contributed by atoms with Crippen molar-refractivity contribution in [1.29, 1.82) is 0 Å². The lowest BCUT2D eigenvalue weighted by atomic mass is 10.1. The molecule has 1 unspecified atom stereocenters. The van der Waals surface area contributed by atoms with Gasteiger partial charge in [-0.05, 0) is 25.3 Å². The Morgan fingerprint density at radius 2 is 1.82 bits per heavy atom. The smallest absolute Gasteiger partial charge is 0.0971 e.